The van der Waals surface area contributed by atoms with Gasteiger partial charge in [-0.25, -0.2) is 13.1 Å². The van der Waals surface area contributed by atoms with Crippen LogP contribution in [0.5, 0.6) is 0 Å². The summed E-state index contributed by atoms with van der Waals surface area (Å²) >= 11 is 0. The highest BCUT2D eigenvalue weighted by atomic mass is 32.2. The van der Waals surface area contributed by atoms with Crippen LogP contribution in [-0.2, 0) is 20.2 Å². The van der Waals surface area contributed by atoms with E-state index in [1.54, 1.807) is 12.1 Å². The van der Waals surface area contributed by atoms with Gasteiger partial charge >= 0.3 is 5.97 Å². The van der Waals surface area contributed by atoms with Crippen molar-refractivity contribution in [2.24, 2.45) is 5.92 Å². The summed E-state index contributed by atoms with van der Waals surface area (Å²) in [6.45, 7) is 6.38. The summed E-state index contributed by atoms with van der Waals surface area (Å²) in [6.07, 6.45) is 3.15. The van der Waals surface area contributed by atoms with E-state index in [0.717, 1.165) is 12.0 Å². The highest BCUT2D eigenvalue weighted by molar-refractivity contribution is 7.89. The van der Waals surface area contributed by atoms with E-state index in [1.807, 2.05) is 12.1 Å². The summed E-state index contributed by atoms with van der Waals surface area (Å²) in [5.41, 5.74) is 1.14. The van der Waals surface area contributed by atoms with Gasteiger partial charge in [0.25, 0.3) is 0 Å². The van der Waals surface area contributed by atoms with Gasteiger partial charge < -0.3 is 5.11 Å². The lowest BCUT2D eigenvalue weighted by Gasteiger charge is -2.27. The van der Waals surface area contributed by atoms with Crippen molar-refractivity contribution in [2.45, 2.75) is 69.2 Å². The van der Waals surface area contributed by atoms with Crippen molar-refractivity contribution in [3.63, 3.8) is 0 Å². The average molecular weight is 353 g/mol. The maximum Gasteiger partial charge on any atom is 0.306 e. The van der Waals surface area contributed by atoms with E-state index in [-0.39, 0.29) is 22.3 Å². The molecular weight excluding hydrogens is 326 g/mol. The maximum absolute atomic E-state index is 12.5. The molecule has 2 rings (SSSR count). The van der Waals surface area contributed by atoms with Gasteiger partial charge in [-0.1, -0.05) is 32.9 Å². The normalized spacial score (nSPS) is 22.3. The van der Waals surface area contributed by atoms with Crippen LogP contribution in [0.3, 0.4) is 0 Å². The number of carboxylic acid groups (broad SMARTS) is 1. The first kappa shape index (κ1) is 18.9. The Bertz CT molecular complexity index is 671. The molecule has 0 amide bonds. The Morgan fingerprint density at radius 2 is 1.71 bits per heavy atom. The molecule has 0 heterocycles. The fourth-order valence-electron chi connectivity index (χ4n) is 3.04. The molecule has 1 aromatic carbocycles. The zero-order valence-corrected chi connectivity index (χ0v) is 15.4. The van der Waals surface area contributed by atoms with Crippen molar-refractivity contribution in [1.82, 2.24) is 4.72 Å². The quantitative estimate of drug-likeness (QED) is 0.822. The lowest BCUT2D eigenvalue weighted by atomic mass is 9.82. The predicted octanol–water partition coefficient (Wildman–Crippen LogP) is 3.30. The first-order valence-electron chi connectivity index (χ1n) is 8.51. The summed E-state index contributed by atoms with van der Waals surface area (Å²) in [7, 11) is -3.56. The molecule has 0 unspecified atom stereocenters. The van der Waals surface area contributed by atoms with Crippen LogP contribution in [0.2, 0.25) is 0 Å². The number of hydrogen-bond acceptors (Lipinski definition) is 3. The zero-order chi connectivity index (χ0) is 18.0. The third-order valence-electron chi connectivity index (χ3n) is 5.23. The van der Waals surface area contributed by atoms with E-state index >= 15 is 0 Å². The Morgan fingerprint density at radius 1 is 1.17 bits per heavy atom. The first-order valence-corrected chi connectivity index (χ1v) is 9.99. The van der Waals surface area contributed by atoms with Gasteiger partial charge in [0.1, 0.15) is 0 Å². The molecule has 2 N–H and O–H groups in total. The number of carboxylic acids is 1. The van der Waals surface area contributed by atoms with Gasteiger partial charge in [0.2, 0.25) is 10.0 Å². The minimum atomic E-state index is -3.56. The molecule has 0 bridgehead atoms. The molecule has 1 aliphatic carbocycles. The van der Waals surface area contributed by atoms with Crippen LogP contribution in [0.25, 0.3) is 0 Å². The summed E-state index contributed by atoms with van der Waals surface area (Å²) in [5.74, 6) is -1.13. The molecule has 1 aromatic rings. The molecule has 1 fully saturated rings. The molecule has 0 aromatic heterocycles. The lowest BCUT2D eigenvalue weighted by Crippen LogP contribution is -2.38. The Hall–Kier alpha value is -1.40. The van der Waals surface area contributed by atoms with Crippen LogP contribution in [-0.4, -0.2) is 25.5 Å². The summed E-state index contributed by atoms with van der Waals surface area (Å²) in [5, 5.41) is 9.01. The van der Waals surface area contributed by atoms with E-state index in [2.05, 4.69) is 25.5 Å². The molecule has 0 saturated heterocycles. The smallest absolute Gasteiger partial charge is 0.306 e. The van der Waals surface area contributed by atoms with Gasteiger partial charge in [0.15, 0.2) is 0 Å². The fourth-order valence-corrected chi connectivity index (χ4v) is 4.34. The predicted molar refractivity (Wildman–Crippen MR) is 93.5 cm³/mol. The fraction of sp³-hybridized carbons (Fsp3) is 0.611. The largest absolute Gasteiger partial charge is 0.481 e. The van der Waals surface area contributed by atoms with E-state index < -0.39 is 16.0 Å². The molecule has 0 aliphatic heterocycles. The molecule has 5 nitrogen and oxygen atoms in total. The molecule has 0 atom stereocenters. The van der Waals surface area contributed by atoms with Gasteiger partial charge in [0, 0.05) is 6.04 Å². The molecule has 1 aliphatic rings. The SMILES string of the molecule is CCC(C)(C)c1ccc(S(=O)(=O)NC2CCC(C(=O)O)CC2)cc1. The van der Waals surface area contributed by atoms with Crippen molar-refractivity contribution in [3.8, 4) is 0 Å². The molecule has 134 valence electrons. The van der Waals surface area contributed by atoms with Crippen molar-refractivity contribution in [1.29, 1.82) is 0 Å². The van der Waals surface area contributed by atoms with Crippen LogP contribution in [0.15, 0.2) is 29.2 Å². The second-order valence-corrected chi connectivity index (χ2v) is 8.98. The van der Waals surface area contributed by atoms with Crippen LogP contribution in [0.1, 0.15) is 58.4 Å². The van der Waals surface area contributed by atoms with Crippen molar-refractivity contribution in [2.75, 3.05) is 0 Å². The van der Waals surface area contributed by atoms with Gasteiger partial charge in [-0.15, -0.1) is 0 Å². The number of sulfonamides is 1. The topological polar surface area (TPSA) is 83.5 Å². The van der Waals surface area contributed by atoms with Crippen LogP contribution in [0, 0.1) is 5.92 Å². The van der Waals surface area contributed by atoms with Crippen molar-refractivity contribution < 1.29 is 18.3 Å². The Kier molecular flexibility index (Phi) is 5.71. The number of benzene rings is 1. The van der Waals surface area contributed by atoms with E-state index in [1.165, 1.54) is 0 Å². The molecule has 24 heavy (non-hydrogen) atoms. The van der Waals surface area contributed by atoms with Gasteiger partial charge in [-0.05, 0) is 55.2 Å². The molecule has 6 heteroatoms. The van der Waals surface area contributed by atoms with Crippen molar-refractivity contribution >= 4 is 16.0 Å². The van der Waals surface area contributed by atoms with E-state index in [9.17, 15) is 13.2 Å². The number of nitrogens with one attached hydrogen (secondary N) is 1. The maximum atomic E-state index is 12.5. The monoisotopic (exact) mass is 353 g/mol. The minimum absolute atomic E-state index is 0.0188. The first-order chi connectivity index (χ1) is 11.2. The zero-order valence-electron chi connectivity index (χ0n) is 14.6. The number of rotatable bonds is 6. The van der Waals surface area contributed by atoms with E-state index in [4.69, 9.17) is 5.11 Å². The third kappa shape index (κ3) is 4.36. The summed E-state index contributed by atoms with van der Waals surface area (Å²) < 4.78 is 27.8. The molecule has 0 radical (unpaired) electrons. The van der Waals surface area contributed by atoms with Crippen LogP contribution in [0.4, 0.5) is 0 Å². The van der Waals surface area contributed by atoms with Crippen molar-refractivity contribution in [3.05, 3.63) is 29.8 Å². The van der Waals surface area contributed by atoms with Gasteiger partial charge in [0.05, 0.1) is 10.8 Å². The second-order valence-electron chi connectivity index (χ2n) is 7.27. The molecule has 1 saturated carbocycles. The molecule has 0 spiro atoms. The summed E-state index contributed by atoms with van der Waals surface area (Å²) in [6, 6.07) is 6.87. The van der Waals surface area contributed by atoms with Gasteiger partial charge in [-0.2, -0.15) is 0 Å². The highest BCUT2D eigenvalue weighted by Crippen LogP contribution is 2.28. The Balaban J connectivity index is 2.04. The Labute approximate surface area is 144 Å². The number of aliphatic carboxylic acids is 1. The molecular formula is C18H27NO4S. The number of carbonyl (C=O) groups is 1. The van der Waals surface area contributed by atoms with Gasteiger partial charge in [-0.3, -0.25) is 4.79 Å². The Morgan fingerprint density at radius 3 is 2.17 bits per heavy atom. The lowest BCUT2D eigenvalue weighted by molar-refractivity contribution is -0.142. The third-order valence-corrected chi connectivity index (χ3v) is 6.76. The minimum Gasteiger partial charge on any atom is -0.481 e. The number of hydrogen-bond donors (Lipinski definition) is 2. The summed E-state index contributed by atoms with van der Waals surface area (Å²) in [4.78, 5) is 11.2. The standard InChI is InChI=1S/C18H27NO4S/c1-4-18(2,3)14-7-11-16(12-8-14)24(22,23)19-15-9-5-13(6-10-15)17(20)21/h7-8,11-13,15,19H,4-6,9-10H2,1-3H3,(H,20,21). The highest BCUT2D eigenvalue weighted by Gasteiger charge is 2.29. The second kappa shape index (κ2) is 7.23. The average Bonchev–Trinajstić information content (AvgIpc) is 2.55. The van der Waals surface area contributed by atoms with Crippen LogP contribution < -0.4 is 4.72 Å². The van der Waals surface area contributed by atoms with E-state index in [0.29, 0.717) is 25.7 Å². The van der Waals surface area contributed by atoms with Crippen LogP contribution >= 0.6 is 0 Å².